The molecule has 2 unspecified atom stereocenters. The van der Waals surface area contributed by atoms with Crippen molar-refractivity contribution >= 4 is 6.29 Å². The predicted octanol–water partition coefficient (Wildman–Crippen LogP) is 1.22. The Morgan fingerprint density at radius 3 is 2.72 bits per heavy atom. The topological polar surface area (TPSA) is 49.8 Å². The molecule has 0 spiro atoms. The highest BCUT2D eigenvalue weighted by atomic mass is 16.5. The second kappa shape index (κ2) is 6.13. The number of carbonyl (C=O) groups is 1. The summed E-state index contributed by atoms with van der Waals surface area (Å²) in [6.07, 6.45) is 6.72. The van der Waals surface area contributed by atoms with E-state index in [4.69, 9.17) is 4.74 Å². The van der Waals surface area contributed by atoms with Gasteiger partial charge in [0.2, 0.25) is 0 Å². The molecular formula is C14H25NO3. The number of aliphatic hydroxyl groups excluding tert-OH is 1. The maximum atomic E-state index is 11.5. The van der Waals surface area contributed by atoms with Crippen molar-refractivity contribution < 1.29 is 14.6 Å². The summed E-state index contributed by atoms with van der Waals surface area (Å²) in [7, 11) is 0. The van der Waals surface area contributed by atoms with Crippen LogP contribution in [-0.4, -0.2) is 54.7 Å². The van der Waals surface area contributed by atoms with Gasteiger partial charge in [0.15, 0.2) is 0 Å². The summed E-state index contributed by atoms with van der Waals surface area (Å²) in [4.78, 5) is 13.8. The lowest BCUT2D eigenvalue weighted by Crippen LogP contribution is -2.53. The highest BCUT2D eigenvalue weighted by molar-refractivity contribution is 5.60. The molecule has 2 rings (SSSR count). The molecule has 0 amide bonds. The molecule has 1 saturated carbocycles. The van der Waals surface area contributed by atoms with Crippen molar-refractivity contribution in [3.8, 4) is 0 Å². The molecule has 1 aliphatic carbocycles. The Balaban J connectivity index is 1.98. The summed E-state index contributed by atoms with van der Waals surface area (Å²) in [5.74, 6) is 0. The lowest BCUT2D eigenvalue weighted by molar-refractivity contribution is -0.124. The molecule has 1 saturated heterocycles. The number of carbonyl (C=O) groups excluding carboxylic acids is 1. The van der Waals surface area contributed by atoms with Crippen LogP contribution in [0.5, 0.6) is 0 Å². The fourth-order valence-electron chi connectivity index (χ4n) is 3.18. The molecule has 2 atom stereocenters. The number of hydrogen-bond donors (Lipinski definition) is 1. The molecule has 1 aliphatic heterocycles. The lowest BCUT2D eigenvalue weighted by Gasteiger charge is -2.43. The maximum absolute atomic E-state index is 11.5. The zero-order valence-corrected chi connectivity index (χ0v) is 11.3. The summed E-state index contributed by atoms with van der Waals surface area (Å²) in [5, 5.41) is 9.20. The maximum Gasteiger partial charge on any atom is 0.127 e. The zero-order valence-electron chi connectivity index (χ0n) is 11.3. The first kappa shape index (κ1) is 14.0. The molecule has 0 radical (unpaired) electrons. The van der Waals surface area contributed by atoms with Gasteiger partial charge in [0.05, 0.1) is 19.3 Å². The minimum atomic E-state index is -0.149. The third-order valence-electron chi connectivity index (χ3n) is 4.46. The number of ether oxygens (including phenoxy) is 1. The van der Waals surface area contributed by atoms with Crippen LogP contribution in [0.3, 0.4) is 0 Å². The fourth-order valence-corrected chi connectivity index (χ4v) is 3.18. The van der Waals surface area contributed by atoms with Gasteiger partial charge in [0.25, 0.3) is 0 Å². The van der Waals surface area contributed by atoms with Gasteiger partial charge in [-0.15, -0.1) is 0 Å². The summed E-state index contributed by atoms with van der Waals surface area (Å²) < 4.78 is 5.55. The van der Waals surface area contributed by atoms with Gasteiger partial charge in [0.1, 0.15) is 6.29 Å². The predicted molar refractivity (Wildman–Crippen MR) is 69.4 cm³/mol. The van der Waals surface area contributed by atoms with Crippen LogP contribution in [0.4, 0.5) is 0 Å². The first-order valence-corrected chi connectivity index (χ1v) is 7.12. The number of morpholine rings is 1. The van der Waals surface area contributed by atoms with Gasteiger partial charge in [-0.2, -0.15) is 0 Å². The van der Waals surface area contributed by atoms with Crippen LogP contribution in [0.25, 0.3) is 0 Å². The van der Waals surface area contributed by atoms with Gasteiger partial charge >= 0.3 is 0 Å². The minimum absolute atomic E-state index is 0.0668. The molecule has 4 nitrogen and oxygen atoms in total. The standard InChI is InChI=1S/C14H25NO3/c1-12-9-18-13(8-16)7-15(12)10-14(11-17)5-3-2-4-6-14/h11-13,16H,2-10H2,1H3. The van der Waals surface area contributed by atoms with E-state index in [2.05, 4.69) is 11.8 Å². The van der Waals surface area contributed by atoms with Crippen LogP contribution >= 0.6 is 0 Å². The highest BCUT2D eigenvalue weighted by Gasteiger charge is 2.37. The van der Waals surface area contributed by atoms with E-state index in [1.54, 1.807) is 0 Å². The Morgan fingerprint density at radius 2 is 2.11 bits per heavy atom. The Bertz CT molecular complexity index is 276. The molecule has 0 aromatic rings. The molecule has 2 fully saturated rings. The molecule has 0 aromatic carbocycles. The Kier molecular flexibility index (Phi) is 4.76. The van der Waals surface area contributed by atoms with Crippen LogP contribution in [-0.2, 0) is 9.53 Å². The summed E-state index contributed by atoms with van der Waals surface area (Å²) in [6, 6.07) is 0.339. The van der Waals surface area contributed by atoms with E-state index in [1.807, 2.05) is 0 Å². The molecule has 4 heteroatoms. The second-order valence-corrected chi connectivity index (χ2v) is 5.96. The van der Waals surface area contributed by atoms with Crippen molar-refractivity contribution in [1.29, 1.82) is 0 Å². The number of hydrogen-bond acceptors (Lipinski definition) is 4. The van der Waals surface area contributed by atoms with Crippen LogP contribution < -0.4 is 0 Å². The van der Waals surface area contributed by atoms with Crippen LogP contribution in [0.15, 0.2) is 0 Å². The monoisotopic (exact) mass is 255 g/mol. The number of nitrogens with zero attached hydrogens (tertiary/aromatic N) is 1. The summed E-state index contributed by atoms with van der Waals surface area (Å²) in [6.45, 7) is 4.43. The average Bonchev–Trinajstić information content (AvgIpc) is 2.42. The molecule has 0 bridgehead atoms. The first-order valence-electron chi connectivity index (χ1n) is 7.12. The zero-order chi connectivity index (χ0) is 13.0. The van der Waals surface area contributed by atoms with Crippen molar-refractivity contribution in [3.05, 3.63) is 0 Å². The van der Waals surface area contributed by atoms with Crippen LogP contribution in [0.1, 0.15) is 39.0 Å². The summed E-state index contributed by atoms with van der Waals surface area (Å²) in [5.41, 5.74) is -0.149. The SMILES string of the molecule is CC1COC(CO)CN1CC1(C=O)CCCCC1. The van der Waals surface area contributed by atoms with E-state index in [-0.39, 0.29) is 18.1 Å². The Morgan fingerprint density at radius 1 is 1.39 bits per heavy atom. The highest BCUT2D eigenvalue weighted by Crippen LogP contribution is 2.36. The van der Waals surface area contributed by atoms with Gasteiger partial charge in [-0.1, -0.05) is 19.3 Å². The van der Waals surface area contributed by atoms with Crippen molar-refractivity contribution in [1.82, 2.24) is 4.90 Å². The van der Waals surface area contributed by atoms with E-state index in [0.29, 0.717) is 12.6 Å². The molecule has 1 N–H and O–H groups in total. The molecule has 18 heavy (non-hydrogen) atoms. The average molecular weight is 255 g/mol. The van der Waals surface area contributed by atoms with E-state index in [0.717, 1.165) is 25.9 Å². The Labute approximate surface area is 109 Å². The number of aldehydes is 1. The normalized spacial score (nSPS) is 33.2. The molecule has 1 heterocycles. The largest absolute Gasteiger partial charge is 0.394 e. The fraction of sp³-hybridized carbons (Fsp3) is 0.929. The van der Waals surface area contributed by atoms with Crippen LogP contribution in [0, 0.1) is 5.41 Å². The quantitative estimate of drug-likeness (QED) is 0.767. The molecule has 0 aromatic heterocycles. The van der Waals surface area contributed by atoms with Gasteiger partial charge in [-0.3, -0.25) is 4.90 Å². The van der Waals surface area contributed by atoms with E-state index in [1.165, 1.54) is 25.5 Å². The van der Waals surface area contributed by atoms with E-state index < -0.39 is 0 Å². The first-order chi connectivity index (χ1) is 8.69. The third kappa shape index (κ3) is 3.11. The lowest BCUT2D eigenvalue weighted by atomic mass is 9.74. The van der Waals surface area contributed by atoms with Crippen molar-refractivity contribution in [2.75, 3.05) is 26.3 Å². The van der Waals surface area contributed by atoms with Gasteiger partial charge < -0.3 is 14.6 Å². The number of rotatable bonds is 4. The van der Waals surface area contributed by atoms with Crippen LogP contribution in [0.2, 0.25) is 0 Å². The number of aliphatic hydroxyl groups is 1. The van der Waals surface area contributed by atoms with Gasteiger partial charge in [-0.25, -0.2) is 0 Å². The Hall–Kier alpha value is -0.450. The van der Waals surface area contributed by atoms with E-state index in [9.17, 15) is 9.90 Å². The van der Waals surface area contributed by atoms with Gasteiger partial charge in [0, 0.05) is 24.5 Å². The third-order valence-corrected chi connectivity index (χ3v) is 4.46. The smallest absolute Gasteiger partial charge is 0.127 e. The van der Waals surface area contributed by atoms with E-state index >= 15 is 0 Å². The van der Waals surface area contributed by atoms with Crippen molar-refractivity contribution in [3.63, 3.8) is 0 Å². The molecule has 104 valence electrons. The van der Waals surface area contributed by atoms with Crippen molar-refractivity contribution in [2.45, 2.75) is 51.2 Å². The molecular weight excluding hydrogens is 230 g/mol. The molecule has 2 aliphatic rings. The van der Waals surface area contributed by atoms with Gasteiger partial charge in [-0.05, 0) is 19.8 Å². The minimum Gasteiger partial charge on any atom is -0.394 e. The second-order valence-electron chi connectivity index (χ2n) is 5.96. The summed E-state index contributed by atoms with van der Waals surface area (Å²) >= 11 is 0. The van der Waals surface area contributed by atoms with Crippen molar-refractivity contribution in [2.24, 2.45) is 5.41 Å².